The summed E-state index contributed by atoms with van der Waals surface area (Å²) >= 11 is 0. The molecule has 3 heteroatoms. The fourth-order valence-corrected chi connectivity index (χ4v) is 3.45. The fourth-order valence-electron chi connectivity index (χ4n) is 3.45. The Labute approximate surface area is 126 Å². The molecule has 1 saturated carbocycles. The van der Waals surface area contributed by atoms with Crippen LogP contribution in [0.2, 0.25) is 0 Å². The molecule has 1 N–H and O–H groups in total. The van der Waals surface area contributed by atoms with Crippen molar-refractivity contribution in [3.63, 3.8) is 0 Å². The quantitative estimate of drug-likeness (QED) is 0.930. The van der Waals surface area contributed by atoms with Gasteiger partial charge in [-0.25, -0.2) is 4.68 Å². The molecule has 1 saturated heterocycles. The third-order valence-electron chi connectivity index (χ3n) is 4.77. The molecule has 21 heavy (non-hydrogen) atoms. The lowest BCUT2D eigenvalue weighted by molar-refractivity contribution is 0.394. The summed E-state index contributed by atoms with van der Waals surface area (Å²) in [6.45, 7) is 1.17. The van der Waals surface area contributed by atoms with Crippen molar-refractivity contribution in [1.29, 1.82) is 0 Å². The van der Waals surface area contributed by atoms with Gasteiger partial charge in [0.1, 0.15) is 0 Å². The number of nitrogens with one attached hydrogen (secondary N) is 1. The van der Waals surface area contributed by atoms with E-state index in [-0.39, 0.29) is 0 Å². The van der Waals surface area contributed by atoms with E-state index in [1.165, 1.54) is 55.6 Å². The molecule has 0 radical (unpaired) electrons. The van der Waals surface area contributed by atoms with Gasteiger partial charge in [-0.2, -0.15) is 5.10 Å². The van der Waals surface area contributed by atoms with Crippen LogP contribution in [0.3, 0.4) is 0 Å². The highest BCUT2D eigenvalue weighted by atomic mass is 15.3. The van der Waals surface area contributed by atoms with Crippen molar-refractivity contribution < 1.29 is 0 Å². The standard InChI is InChI=1S/C18H23N3/c1-2-7-16(8-3-1)21-18(12-15-6-4-5-11-19-15)17(13-20-21)14-9-10-14/h1-3,7-8,13-15,19H,4-6,9-12H2. The molecule has 1 aliphatic carbocycles. The molecule has 1 aliphatic heterocycles. The molecular formula is C18H23N3. The second kappa shape index (κ2) is 5.64. The van der Waals surface area contributed by atoms with Crippen molar-refractivity contribution in [1.82, 2.24) is 15.1 Å². The zero-order chi connectivity index (χ0) is 14.1. The molecule has 1 atom stereocenters. The first-order valence-corrected chi connectivity index (χ1v) is 8.27. The first-order chi connectivity index (χ1) is 10.4. The number of hydrogen-bond donors (Lipinski definition) is 1. The molecule has 0 spiro atoms. The third-order valence-corrected chi connectivity index (χ3v) is 4.77. The molecule has 0 bridgehead atoms. The molecule has 2 aromatic rings. The summed E-state index contributed by atoms with van der Waals surface area (Å²) in [6.07, 6.45) is 9.88. The lowest BCUT2D eigenvalue weighted by Gasteiger charge is -2.24. The molecular weight excluding hydrogens is 258 g/mol. The van der Waals surface area contributed by atoms with Crippen LogP contribution in [0.5, 0.6) is 0 Å². The Kier molecular flexibility index (Phi) is 3.52. The van der Waals surface area contributed by atoms with E-state index in [1.54, 1.807) is 0 Å². The van der Waals surface area contributed by atoms with E-state index in [1.807, 2.05) is 0 Å². The maximum Gasteiger partial charge on any atom is 0.0648 e. The molecule has 2 fully saturated rings. The van der Waals surface area contributed by atoms with Crippen molar-refractivity contribution in [3.05, 3.63) is 47.8 Å². The monoisotopic (exact) mass is 281 g/mol. The fraction of sp³-hybridized carbons (Fsp3) is 0.500. The van der Waals surface area contributed by atoms with Gasteiger partial charge in [-0.15, -0.1) is 0 Å². The predicted octanol–water partition coefficient (Wildman–Crippen LogP) is 3.43. The number of hydrogen-bond acceptors (Lipinski definition) is 2. The second-order valence-electron chi connectivity index (χ2n) is 6.42. The molecule has 1 aromatic heterocycles. The number of nitrogens with zero attached hydrogens (tertiary/aromatic N) is 2. The summed E-state index contributed by atoms with van der Waals surface area (Å²) in [7, 11) is 0. The van der Waals surface area contributed by atoms with Gasteiger partial charge < -0.3 is 5.32 Å². The zero-order valence-corrected chi connectivity index (χ0v) is 12.5. The van der Waals surface area contributed by atoms with Crippen LogP contribution in [-0.4, -0.2) is 22.4 Å². The second-order valence-corrected chi connectivity index (χ2v) is 6.42. The highest BCUT2D eigenvalue weighted by Crippen LogP contribution is 2.42. The number of para-hydroxylation sites is 1. The van der Waals surface area contributed by atoms with Crippen LogP contribution < -0.4 is 5.32 Å². The van der Waals surface area contributed by atoms with Crippen LogP contribution >= 0.6 is 0 Å². The van der Waals surface area contributed by atoms with Crippen LogP contribution in [0.1, 0.15) is 49.3 Å². The van der Waals surface area contributed by atoms with Gasteiger partial charge in [-0.1, -0.05) is 24.6 Å². The Morgan fingerprint density at radius 2 is 1.95 bits per heavy atom. The molecule has 1 aromatic carbocycles. The normalized spacial score (nSPS) is 22.4. The number of rotatable bonds is 4. The largest absolute Gasteiger partial charge is 0.314 e. The first-order valence-electron chi connectivity index (χ1n) is 8.27. The van der Waals surface area contributed by atoms with Crippen LogP contribution in [0.25, 0.3) is 5.69 Å². The van der Waals surface area contributed by atoms with Crippen LogP contribution in [0, 0.1) is 0 Å². The van der Waals surface area contributed by atoms with E-state index in [0.29, 0.717) is 6.04 Å². The van der Waals surface area contributed by atoms with Crippen molar-refractivity contribution in [2.45, 2.75) is 50.5 Å². The van der Waals surface area contributed by atoms with Crippen molar-refractivity contribution in [2.24, 2.45) is 0 Å². The minimum Gasteiger partial charge on any atom is -0.314 e. The average Bonchev–Trinajstić information content (AvgIpc) is 3.31. The lowest BCUT2D eigenvalue weighted by Crippen LogP contribution is -2.36. The zero-order valence-electron chi connectivity index (χ0n) is 12.5. The van der Waals surface area contributed by atoms with E-state index in [4.69, 9.17) is 5.10 Å². The first kappa shape index (κ1) is 13.1. The molecule has 3 nitrogen and oxygen atoms in total. The maximum absolute atomic E-state index is 4.70. The summed E-state index contributed by atoms with van der Waals surface area (Å²) in [5, 5.41) is 8.38. The van der Waals surface area contributed by atoms with E-state index in [0.717, 1.165) is 12.3 Å². The van der Waals surface area contributed by atoms with Gasteiger partial charge in [0.2, 0.25) is 0 Å². The van der Waals surface area contributed by atoms with Gasteiger partial charge in [-0.3, -0.25) is 0 Å². The SMILES string of the molecule is c1ccc(-n2ncc(C3CC3)c2CC2CCCCN2)cc1. The van der Waals surface area contributed by atoms with Gasteiger partial charge in [0.15, 0.2) is 0 Å². The Hall–Kier alpha value is -1.61. The van der Waals surface area contributed by atoms with Crippen molar-refractivity contribution in [3.8, 4) is 5.69 Å². The molecule has 1 unspecified atom stereocenters. The molecule has 2 heterocycles. The Bertz CT molecular complexity index is 592. The number of benzene rings is 1. The summed E-state index contributed by atoms with van der Waals surface area (Å²) in [5.41, 5.74) is 4.12. The molecule has 0 amide bonds. The number of aromatic nitrogens is 2. The lowest BCUT2D eigenvalue weighted by atomic mass is 9.98. The Balaban J connectivity index is 1.67. The molecule has 2 aliphatic rings. The van der Waals surface area contributed by atoms with Crippen LogP contribution in [0.15, 0.2) is 36.5 Å². The Morgan fingerprint density at radius 1 is 1.10 bits per heavy atom. The van der Waals surface area contributed by atoms with Gasteiger partial charge in [0.05, 0.1) is 11.9 Å². The Morgan fingerprint density at radius 3 is 2.67 bits per heavy atom. The predicted molar refractivity (Wildman–Crippen MR) is 84.9 cm³/mol. The van der Waals surface area contributed by atoms with Gasteiger partial charge >= 0.3 is 0 Å². The average molecular weight is 281 g/mol. The van der Waals surface area contributed by atoms with Gasteiger partial charge in [-0.05, 0) is 55.8 Å². The minimum absolute atomic E-state index is 0.621. The molecule has 4 rings (SSSR count). The minimum atomic E-state index is 0.621. The van der Waals surface area contributed by atoms with E-state index >= 15 is 0 Å². The summed E-state index contributed by atoms with van der Waals surface area (Å²) < 4.78 is 2.17. The number of piperidine rings is 1. The highest BCUT2D eigenvalue weighted by Gasteiger charge is 2.30. The topological polar surface area (TPSA) is 29.9 Å². The third kappa shape index (κ3) is 2.75. The van der Waals surface area contributed by atoms with Crippen molar-refractivity contribution in [2.75, 3.05) is 6.54 Å². The maximum atomic E-state index is 4.70. The summed E-state index contributed by atoms with van der Waals surface area (Å²) in [5.74, 6) is 0.765. The van der Waals surface area contributed by atoms with Crippen LogP contribution in [0.4, 0.5) is 0 Å². The smallest absolute Gasteiger partial charge is 0.0648 e. The van der Waals surface area contributed by atoms with Crippen molar-refractivity contribution >= 4 is 0 Å². The highest BCUT2D eigenvalue weighted by molar-refractivity contribution is 5.37. The van der Waals surface area contributed by atoms with E-state index in [9.17, 15) is 0 Å². The van der Waals surface area contributed by atoms with Crippen LogP contribution in [-0.2, 0) is 6.42 Å². The molecule has 110 valence electrons. The van der Waals surface area contributed by atoms with E-state index in [2.05, 4.69) is 46.5 Å². The van der Waals surface area contributed by atoms with Gasteiger partial charge in [0.25, 0.3) is 0 Å². The summed E-state index contributed by atoms with van der Waals surface area (Å²) in [6, 6.07) is 11.2. The van der Waals surface area contributed by atoms with E-state index < -0.39 is 0 Å². The summed E-state index contributed by atoms with van der Waals surface area (Å²) in [4.78, 5) is 0. The van der Waals surface area contributed by atoms with Gasteiger partial charge in [0, 0.05) is 18.2 Å².